The minimum absolute atomic E-state index is 0.215. The molecule has 4 rings (SSSR count). The maximum absolute atomic E-state index is 12.4. The van der Waals surface area contributed by atoms with Crippen molar-refractivity contribution in [3.63, 3.8) is 0 Å². The molecular weight excluding hydrogens is 306 g/mol. The van der Waals surface area contributed by atoms with Crippen molar-refractivity contribution >= 4 is 28.0 Å². The number of para-hydroxylation sites is 1. The van der Waals surface area contributed by atoms with Gasteiger partial charge in [-0.15, -0.1) is 0 Å². The summed E-state index contributed by atoms with van der Waals surface area (Å²) in [5, 5.41) is 8.58. The maximum atomic E-state index is 12.4. The quantitative estimate of drug-likeness (QED) is 0.622. The van der Waals surface area contributed by atoms with Crippen LogP contribution in [0, 0.1) is 0 Å². The number of furan rings is 1. The molecule has 0 saturated carbocycles. The van der Waals surface area contributed by atoms with Crippen LogP contribution in [0.3, 0.4) is 0 Å². The molecule has 6 nitrogen and oxygen atoms in total. The molecule has 1 aromatic carbocycles. The van der Waals surface area contributed by atoms with Gasteiger partial charge >= 0.3 is 0 Å². The number of amides is 1. The standard InChI is InChI=1S/C18H15N3O3/c1-2-15-14-8-12(9-20-18(14)24-21-15)17(22)19-10-13-7-11-5-3-4-6-16(11)23-13/h3-9H,2,10H2,1H3,(H,19,22). The number of nitrogens with zero attached hydrogens (tertiary/aromatic N) is 2. The Labute approximate surface area is 137 Å². The summed E-state index contributed by atoms with van der Waals surface area (Å²) in [6.07, 6.45) is 2.21. The number of fused-ring (bicyclic) bond motifs is 2. The summed E-state index contributed by atoms with van der Waals surface area (Å²) in [7, 11) is 0. The Morgan fingerprint density at radius 2 is 2.12 bits per heavy atom. The van der Waals surface area contributed by atoms with Crippen molar-refractivity contribution in [1.29, 1.82) is 0 Å². The molecule has 4 aromatic rings. The maximum Gasteiger partial charge on any atom is 0.257 e. The average Bonchev–Trinajstić information content (AvgIpc) is 3.22. The summed E-state index contributed by atoms with van der Waals surface area (Å²) in [6.45, 7) is 2.29. The number of nitrogens with one attached hydrogen (secondary N) is 1. The van der Waals surface area contributed by atoms with E-state index in [1.54, 1.807) is 6.07 Å². The predicted molar refractivity (Wildman–Crippen MR) is 88.6 cm³/mol. The van der Waals surface area contributed by atoms with Crippen LogP contribution < -0.4 is 5.32 Å². The van der Waals surface area contributed by atoms with Crippen molar-refractivity contribution in [2.45, 2.75) is 19.9 Å². The van der Waals surface area contributed by atoms with Gasteiger partial charge in [-0.25, -0.2) is 4.98 Å². The zero-order chi connectivity index (χ0) is 16.5. The summed E-state index contributed by atoms with van der Waals surface area (Å²) in [4.78, 5) is 16.5. The van der Waals surface area contributed by atoms with Crippen LogP contribution in [-0.4, -0.2) is 16.0 Å². The van der Waals surface area contributed by atoms with Gasteiger partial charge in [-0.3, -0.25) is 4.79 Å². The van der Waals surface area contributed by atoms with Gasteiger partial charge in [-0.2, -0.15) is 0 Å². The minimum atomic E-state index is -0.215. The van der Waals surface area contributed by atoms with Gasteiger partial charge in [0.05, 0.1) is 23.2 Å². The average molecular weight is 321 g/mol. The first-order chi connectivity index (χ1) is 11.7. The van der Waals surface area contributed by atoms with E-state index < -0.39 is 0 Å². The number of aryl methyl sites for hydroxylation is 1. The summed E-state index contributed by atoms with van der Waals surface area (Å²) < 4.78 is 10.8. The zero-order valence-corrected chi connectivity index (χ0v) is 13.1. The summed E-state index contributed by atoms with van der Waals surface area (Å²) >= 11 is 0. The van der Waals surface area contributed by atoms with E-state index in [1.165, 1.54) is 6.20 Å². The van der Waals surface area contributed by atoms with Crippen molar-refractivity contribution in [2.75, 3.05) is 0 Å². The van der Waals surface area contributed by atoms with Crippen LogP contribution in [0.4, 0.5) is 0 Å². The highest BCUT2D eigenvalue weighted by Crippen LogP contribution is 2.20. The van der Waals surface area contributed by atoms with E-state index in [1.807, 2.05) is 37.3 Å². The van der Waals surface area contributed by atoms with Crippen LogP contribution in [0.5, 0.6) is 0 Å². The third-order valence-corrected chi connectivity index (χ3v) is 3.90. The van der Waals surface area contributed by atoms with Crippen molar-refractivity contribution in [1.82, 2.24) is 15.5 Å². The number of hydrogen-bond acceptors (Lipinski definition) is 5. The van der Waals surface area contributed by atoms with Crippen LogP contribution in [0.2, 0.25) is 0 Å². The Bertz CT molecular complexity index is 999. The molecule has 0 bridgehead atoms. The van der Waals surface area contributed by atoms with Crippen molar-refractivity contribution in [3.05, 3.63) is 59.6 Å². The molecule has 0 aliphatic rings. The number of benzene rings is 1. The van der Waals surface area contributed by atoms with Crippen LogP contribution >= 0.6 is 0 Å². The van der Waals surface area contributed by atoms with E-state index in [2.05, 4.69) is 15.5 Å². The first-order valence-corrected chi connectivity index (χ1v) is 7.74. The van der Waals surface area contributed by atoms with Gasteiger partial charge < -0.3 is 14.3 Å². The molecule has 1 N–H and O–H groups in total. The molecular formula is C18H15N3O3. The Morgan fingerprint density at radius 1 is 1.25 bits per heavy atom. The lowest BCUT2D eigenvalue weighted by atomic mass is 10.1. The highest BCUT2D eigenvalue weighted by atomic mass is 16.5. The lowest BCUT2D eigenvalue weighted by Crippen LogP contribution is -2.22. The molecule has 6 heteroatoms. The molecule has 0 spiro atoms. The Morgan fingerprint density at radius 3 is 2.96 bits per heavy atom. The number of pyridine rings is 1. The third-order valence-electron chi connectivity index (χ3n) is 3.90. The minimum Gasteiger partial charge on any atom is -0.459 e. The number of carbonyl (C=O) groups is 1. The molecule has 0 saturated heterocycles. The van der Waals surface area contributed by atoms with E-state index >= 15 is 0 Å². The van der Waals surface area contributed by atoms with Gasteiger partial charge in [0.1, 0.15) is 11.3 Å². The van der Waals surface area contributed by atoms with Crippen molar-refractivity contribution < 1.29 is 13.7 Å². The van der Waals surface area contributed by atoms with Gasteiger partial charge in [0.15, 0.2) is 0 Å². The molecule has 3 aromatic heterocycles. The van der Waals surface area contributed by atoms with Gasteiger partial charge in [-0.05, 0) is 24.6 Å². The zero-order valence-electron chi connectivity index (χ0n) is 13.1. The number of carbonyl (C=O) groups excluding carboxylic acids is 1. The van der Waals surface area contributed by atoms with Crippen LogP contribution in [0.1, 0.15) is 28.7 Å². The smallest absolute Gasteiger partial charge is 0.257 e. The summed E-state index contributed by atoms with van der Waals surface area (Å²) in [5.74, 6) is 0.492. The van der Waals surface area contributed by atoms with E-state index in [9.17, 15) is 4.79 Å². The second kappa shape index (κ2) is 5.81. The summed E-state index contributed by atoms with van der Waals surface area (Å²) in [5.41, 5.74) is 2.52. The predicted octanol–water partition coefficient (Wildman–Crippen LogP) is 3.46. The normalized spacial score (nSPS) is 11.2. The molecule has 1 amide bonds. The lowest BCUT2D eigenvalue weighted by molar-refractivity contribution is 0.0948. The fourth-order valence-electron chi connectivity index (χ4n) is 2.65. The van der Waals surface area contributed by atoms with E-state index in [0.717, 1.165) is 28.5 Å². The van der Waals surface area contributed by atoms with Gasteiger partial charge in [-0.1, -0.05) is 30.3 Å². The van der Waals surface area contributed by atoms with E-state index in [4.69, 9.17) is 8.94 Å². The second-order valence-electron chi connectivity index (χ2n) is 5.49. The van der Waals surface area contributed by atoms with Crippen molar-refractivity contribution in [3.8, 4) is 0 Å². The first-order valence-electron chi connectivity index (χ1n) is 7.74. The van der Waals surface area contributed by atoms with Gasteiger partial charge in [0.2, 0.25) is 0 Å². The number of hydrogen-bond donors (Lipinski definition) is 1. The Balaban J connectivity index is 1.53. The molecule has 0 atom stereocenters. The Hall–Kier alpha value is -3.15. The fraction of sp³-hybridized carbons (Fsp3) is 0.167. The highest BCUT2D eigenvalue weighted by molar-refractivity contribution is 5.97. The molecule has 24 heavy (non-hydrogen) atoms. The monoisotopic (exact) mass is 321 g/mol. The largest absolute Gasteiger partial charge is 0.459 e. The summed E-state index contributed by atoms with van der Waals surface area (Å²) in [6, 6.07) is 11.4. The van der Waals surface area contributed by atoms with E-state index in [-0.39, 0.29) is 5.91 Å². The van der Waals surface area contributed by atoms with Gasteiger partial charge in [0, 0.05) is 11.6 Å². The highest BCUT2D eigenvalue weighted by Gasteiger charge is 2.13. The first kappa shape index (κ1) is 14.4. The van der Waals surface area contributed by atoms with Crippen molar-refractivity contribution in [2.24, 2.45) is 0 Å². The third kappa shape index (κ3) is 2.52. The van der Waals surface area contributed by atoms with Crippen LogP contribution in [0.15, 0.2) is 51.5 Å². The number of aromatic nitrogens is 2. The molecule has 0 unspecified atom stereocenters. The van der Waals surface area contributed by atoms with Gasteiger partial charge in [0.25, 0.3) is 11.6 Å². The second-order valence-corrected chi connectivity index (χ2v) is 5.49. The SMILES string of the molecule is CCc1noc2ncc(C(=O)NCc3cc4ccccc4o3)cc12. The Kier molecular flexibility index (Phi) is 3.49. The lowest BCUT2D eigenvalue weighted by Gasteiger charge is -2.03. The van der Waals surface area contributed by atoms with Crippen LogP contribution in [-0.2, 0) is 13.0 Å². The molecule has 120 valence electrons. The molecule has 0 fully saturated rings. The van der Waals surface area contributed by atoms with E-state index in [0.29, 0.717) is 23.6 Å². The molecule has 3 heterocycles. The molecule has 0 aliphatic carbocycles. The fourth-order valence-corrected chi connectivity index (χ4v) is 2.65. The topological polar surface area (TPSA) is 81.2 Å². The molecule has 0 aliphatic heterocycles. The molecule has 0 radical (unpaired) electrons. The number of rotatable bonds is 4. The van der Waals surface area contributed by atoms with Crippen LogP contribution in [0.25, 0.3) is 22.1 Å².